The van der Waals surface area contributed by atoms with Gasteiger partial charge in [0.15, 0.2) is 0 Å². The highest BCUT2D eigenvalue weighted by Crippen LogP contribution is 2.42. The zero-order valence-electron chi connectivity index (χ0n) is 12.3. The predicted octanol–water partition coefficient (Wildman–Crippen LogP) is 3.72. The Labute approximate surface area is 132 Å². The second kappa shape index (κ2) is 6.52. The van der Waals surface area contributed by atoms with Gasteiger partial charge in [-0.1, -0.05) is 102 Å². The summed E-state index contributed by atoms with van der Waals surface area (Å²) in [5, 5.41) is 3.80. The molecule has 0 spiro atoms. The molecule has 0 saturated heterocycles. The molecule has 0 nitrogen and oxygen atoms in total. The Morgan fingerprint density at radius 2 is 0.864 bits per heavy atom. The van der Waals surface area contributed by atoms with E-state index in [9.17, 15) is 0 Å². The number of hydrogen-bond acceptors (Lipinski definition) is 0. The summed E-state index contributed by atoms with van der Waals surface area (Å²) in [5.74, 6) is 0. The fourth-order valence-electron chi connectivity index (χ4n) is 2.71. The van der Waals surface area contributed by atoms with Crippen molar-refractivity contribution in [3.8, 4) is 0 Å². The largest absolute Gasteiger partial charge is 0.0777 e. The molecule has 1 heteroatoms. The summed E-state index contributed by atoms with van der Waals surface area (Å²) in [7, 11) is 0. The van der Waals surface area contributed by atoms with Crippen molar-refractivity contribution < 1.29 is 0 Å². The average molecular weight is 300 g/mol. The van der Waals surface area contributed by atoms with E-state index in [-0.39, 0.29) is 0 Å². The number of rotatable bonds is 3. The van der Waals surface area contributed by atoms with Crippen LogP contribution in [0.15, 0.2) is 103 Å². The van der Waals surface area contributed by atoms with E-state index in [1.54, 1.807) is 0 Å². The summed E-state index contributed by atoms with van der Waals surface area (Å²) < 4.78 is 0. The molecular formula is C21H17P. The van der Waals surface area contributed by atoms with Crippen LogP contribution in [-0.4, -0.2) is 5.45 Å². The molecule has 0 aliphatic rings. The van der Waals surface area contributed by atoms with Gasteiger partial charge in [-0.15, -0.1) is 0 Å². The van der Waals surface area contributed by atoms with Crippen molar-refractivity contribution in [2.45, 2.75) is 0 Å². The summed E-state index contributed by atoms with van der Waals surface area (Å²) in [6.45, 7) is 1.84. The van der Waals surface area contributed by atoms with Crippen molar-refractivity contribution in [1.82, 2.24) is 0 Å². The highest BCUT2D eigenvalue weighted by Gasteiger charge is 2.24. The minimum absolute atomic E-state index is 1.27. The zero-order chi connectivity index (χ0) is 15.3. The average Bonchev–Trinajstić information content (AvgIpc) is 2.62. The molecule has 3 rings (SSSR count). The van der Waals surface area contributed by atoms with Crippen molar-refractivity contribution in [1.29, 1.82) is 0 Å². The molecule has 0 N–H and O–H groups in total. The maximum Gasteiger partial charge on any atom is 0.0255 e. The number of hydrogen-bond donors (Lipinski definition) is 0. The fourth-order valence-corrected chi connectivity index (χ4v) is 6.09. The van der Waals surface area contributed by atoms with Crippen molar-refractivity contribution in [2.75, 3.05) is 0 Å². The lowest BCUT2D eigenvalue weighted by atomic mass is 10.4. The SMILES string of the molecule is C=C=C=P(c1ccccc1)(c1ccccc1)c1ccccc1. The molecule has 3 aromatic carbocycles. The lowest BCUT2D eigenvalue weighted by Crippen LogP contribution is -2.25. The maximum absolute atomic E-state index is 3.81. The summed E-state index contributed by atoms with van der Waals surface area (Å²) >= 11 is 0. The van der Waals surface area contributed by atoms with Gasteiger partial charge < -0.3 is 0 Å². The Morgan fingerprint density at radius 1 is 0.545 bits per heavy atom. The van der Waals surface area contributed by atoms with Crippen LogP contribution in [0.1, 0.15) is 0 Å². The van der Waals surface area contributed by atoms with Gasteiger partial charge in [-0.3, -0.25) is 0 Å². The molecule has 3 aromatic rings. The van der Waals surface area contributed by atoms with E-state index in [0.29, 0.717) is 0 Å². The summed E-state index contributed by atoms with van der Waals surface area (Å²) in [6, 6.07) is 31.7. The summed E-state index contributed by atoms with van der Waals surface area (Å²) in [5.41, 5.74) is 6.45. The molecule has 0 aliphatic carbocycles. The van der Waals surface area contributed by atoms with Gasteiger partial charge in [0.1, 0.15) is 0 Å². The molecule has 0 atom stereocenters. The van der Waals surface area contributed by atoms with Crippen molar-refractivity contribution in [3.05, 3.63) is 103 Å². The third-order valence-electron chi connectivity index (χ3n) is 3.68. The molecule has 0 amide bonds. The van der Waals surface area contributed by atoms with Gasteiger partial charge in [-0.2, -0.15) is 0 Å². The van der Waals surface area contributed by atoms with Gasteiger partial charge in [0.25, 0.3) is 0 Å². The first-order valence-corrected chi connectivity index (χ1v) is 9.02. The first-order valence-electron chi connectivity index (χ1n) is 7.23. The molecule has 0 heterocycles. The van der Waals surface area contributed by atoms with Crippen LogP contribution in [0, 0.1) is 0 Å². The van der Waals surface area contributed by atoms with Gasteiger partial charge in [0, 0.05) is 6.89 Å². The molecular weight excluding hydrogens is 283 g/mol. The topological polar surface area (TPSA) is 0 Å². The Morgan fingerprint density at radius 3 is 1.14 bits per heavy atom. The van der Waals surface area contributed by atoms with Crippen molar-refractivity contribution in [3.63, 3.8) is 0 Å². The van der Waals surface area contributed by atoms with Crippen LogP contribution in [0.2, 0.25) is 0 Å². The van der Waals surface area contributed by atoms with E-state index in [1.807, 2.05) is 18.2 Å². The zero-order valence-corrected chi connectivity index (χ0v) is 13.2. The summed E-state index contributed by atoms with van der Waals surface area (Å²) in [4.78, 5) is 0. The van der Waals surface area contributed by atoms with Crippen LogP contribution >= 0.6 is 6.89 Å². The fraction of sp³-hybridized carbons (Fsp3) is 0. The second-order valence-electron chi connectivity index (χ2n) is 4.97. The van der Waals surface area contributed by atoms with Crippen LogP contribution in [0.25, 0.3) is 0 Å². The van der Waals surface area contributed by atoms with E-state index in [1.165, 1.54) is 15.9 Å². The first-order chi connectivity index (χ1) is 10.9. The van der Waals surface area contributed by atoms with Crippen LogP contribution in [-0.2, 0) is 0 Å². The van der Waals surface area contributed by atoms with Crippen LogP contribution in [0.5, 0.6) is 0 Å². The Balaban J connectivity index is 2.47. The Hall–Kier alpha value is -2.48. The van der Waals surface area contributed by atoms with E-state index >= 15 is 0 Å². The molecule has 106 valence electrons. The van der Waals surface area contributed by atoms with Crippen molar-refractivity contribution in [2.24, 2.45) is 0 Å². The molecule has 0 radical (unpaired) electrons. The molecule has 0 fully saturated rings. The standard InChI is InChI=1S/C21H17P/c1-2-18-22(19-12-6-3-7-13-19,20-14-8-4-9-15-20)21-16-10-5-11-17-21/h3-17H,1H2. The quantitative estimate of drug-likeness (QED) is 0.511. The number of benzene rings is 3. The second-order valence-corrected chi connectivity index (χ2v) is 8.08. The molecule has 0 unspecified atom stereocenters. The van der Waals surface area contributed by atoms with Crippen LogP contribution in [0.4, 0.5) is 0 Å². The van der Waals surface area contributed by atoms with Crippen molar-refractivity contribution >= 4 is 28.3 Å². The van der Waals surface area contributed by atoms with Gasteiger partial charge in [-0.25, -0.2) is 0 Å². The highest BCUT2D eigenvalue weighted by atomic mass is 31.2. The minimum atomic E-state index is -1.98. The summed E-state index contributed by atoms with van der Waals surface area (Å²) in [6.07, 6.45) is 0. The first kappa shape index (κ1) is 14.5. The van der Waals surface area contributed by atoms with E-state index in [4.69, 9.17) is 0 Å². The van der Waals surface area contributed by atoms with Gasteiger partial charge in [-0.05, 0) is 22.5 Å². The normalized spacial score (nSPS) is 10.5. The molecule has 22 heavy (non-hydrogen) atoms. The minimum Gasteiger partial charge on any atom is -0.0777 e. The lowest BCUT2D eigenvalue weighted by molar-refractivity contribution is 1.73. The van der Waals surface area contributed by atoms with Gasteiger partial charge in [0.2, 0.25) is 0 Å². The van der Waals surface area contributed by atoms with E-state index in [0.717, 1.165) is 0 Å². The third kappa shape index (κ3) is 2.52. The Kier molecular flexibility index (Phi) is 4.29. The molecule has 0 aliphatic heterocycles. The monoisotopic (exact) mass is 300 g/mol. The van der Waals surface area contributed by atoms with Crippen LogP contribution in [0.3, 0.4) is 0 Å². The molecule has 0 bridgehead atoms. The lowest BCUT2D eigenvalue weighted by Gasteiger charge is -2.25. The molecule has 0 aromatic heterocycles. The third-order valence-corrected chi connectivity index (χ3v) is 7.39. The highest BCUT2D eigenvalue weighted by molar-refractivity contribution is 7.94. The van der Waals surface area contributed by atoms with Gasteiger partial charge in [0.05, 0.1) is 0 Å². The smallest absolute Gasteiger partial charge is 0.0255 e. The van der Waals surface area contributed by atoms with Crippen LogP contribution < -0.4 is 15.9 Å². The maximum atomic E-state index is 3.81. The van der Waals surface area contributed by atoms with E-state index < -0.39 is 6.89 Å². The predicted molar refractivity (Wildman–Crippen MR) is 99.3 cm³/mol. The van der Waals surface area contributed by atoms with E-state index in [2.05, 4.69) is 90.6 Å². The Bertz CT molecular complexity index is 748. The molecule has 0 saturated carbocycles. The van der Waals surface area contributed by atoms with Gasteiger partial charge >= 0.3 is 0 Å².